The molecule has 1 heterocycles. The van der Waals surface area contributed by atoms with Gasteiger partial charge in [-0.05, 0) is 18.2 Å². The zero-order valence-corrected chi connectivity index (χ0v) is 8.55. The van der Waals surface area contributed by atoms with Crippen LogP contribution in [0.3, 0.4) is 0 Å². The van der Waals surface area contributed by atoms with Crippen LogP contribution in [0.25, 0.3) is 5.69 Å². The molecular formula is C11H13N3O. The van der Waals surface area contributed by atoms with Gasteiger partial charge in [-0.1, -0.05) is 12.1 Å². The Morgan fingerprint density at radius 3 is 2.87 bits per heavy atom. The Morgan fingerprint density at radius 1 is 1.33 bits per heavy atom. The van der Waals surface area contributed by atoms with E-state index in [4.69, 9.17) is 10.5 Å². The van der Waals surface area contributed by atoms with Crippen molar-refractivity contribution in [1.82, 2.24) is 9.78 Å². The number of aromatic nitrogens is 2. The maximum absolute atomic E-state index is 5.62. The number of nitrogens with two attached hydrogens (primary N) is 1. The average molecular weight is 203 g/mol. The van der Waals surface area contributed by atoms with Gasteiger partial charge in [-0.3, -0.25) is 0 Å². The molecular weight excluding hydrogens is 190 g/mol. The SMILES string of the molecule is COc1ccccc1-n1nccc1CN. The van der Waals surface area contributed by atoms with Gasteiger partial charge in [-0.25, -0.2) is 4.68 Å². The van der Waals surface area contributed by atoms with Crippen molar-refractivity contribution in [2.24, 2.45) is 5.73 Å². The summed E-state index contributed by atoms with van der Waals surface area (Å²) in [6, 6.07) is 9.61. The molecule has 15 heavy (non-hydrogen) atoms. The van der Waals surface area contributed by atoms with Gasteiger partial charge in [-0.2, -0.15) is 5.10 Å². The van der Waals surface area contributed by atoms with Crippen LogP contribution in [0, 0.1) is 0 Å². The van der Waals surface area contributed by atoms with Crippen molar-refractivity contribution in [3.63, 3.8) is 0 Å². The Bertz CT molecular complexity index is 451. The highest BCUT2D eigenvalue weighted by molar-refractivity contribution is 5.46. The molecule has 1 aromatic carbocycles. The topological polar surface area (TPSA) is 53.1 Å². The van der Waals surface area contributed by atoms with Crippen LogP contribution < -0.4 is 10.5 Å². The smallest absolute Gasteiger partial charge is 0.144 e. The number of ether oxygens (including phenoxy) is 1. The molecule has 1 aromatic heterocycles. The molecule has 0 saturated heterocycles. The Labute approximate surface area is 88.3 Å². The second-order valence-electron chi connectivity index (χ2n) is 3.11. The first kappa shape index (κ1) is 9.73. The van der Waals surface area contributed by atoms with E-state index in [0.717, 1.165) is 17.1 Å². The summed E-state index contributed by atoms with van der Waals surface area (Å²) >= 11 is 0. The molecule has 2 aromatic rings. The molecule has 2 rings (SSSR count). The van der Waals surface area contributed by atoms with Crippen LogP contribution in [0.1, 0.15) is 5.69 Å². The number of benzene rings is 1. The van der Waals surface area contributed by atoms with Crippen LogP contribution in [0.15, 0.2) is 36.5 Å². The van der Waals surface area contributed by atoms with Crippen LogP contribution in [-0.4, -0.2) is 16.9 Å². The molecule has 4 heteroatoms. The predicted octanol–water partition coefficient (Wildman–Crippen LogP) is 1.34. The summed E-state index contributed by atoms with van der Waals surface area (Å²) in [4.78, 5) is 0. The summed E-state index contributed by atoms with van der Waals surface area (Å²) in [5.74, 6) is 0.788. The first-order valence-electron chi connectivity index (χ1n) is 4.73. The molecule has 0 fully saturated rings. The van der Waals surface area contributed by atoms with E-state index in [0.29, 0.717) is 6.54 Å². The Balaban J connectivity index is 2.53. The highest BCUT2D eigenvalue weighted by Crippen LogP contribution is 2.22. The Kier molecular flexibility index (Phi) is 2.69. The zero-order chi connectivity index (χ0) is 10.7. The lowest BCUT2D eigenvalue weighted by molar-refractivity contribution is 0.411. The first-order valence-corrected chi connectivity index (χ1v) is 4.73. The summed E-state index contributed by atoms with van der Waals surface area (Å²) in [7, 11) is 1.64. The van der Waals surface area contributed by atoms with Gasteiger partial charge >= 0.3 is 0 Å². The normalized spacial score (nSPS) is 10.3. The summed E-state index contributed by atoms with van der Waals surface area (Å²) in [6.07, 6.45) is 1.73. The van der Waals surface area contributed by atoms with Gasteiger partial charge in [0.05, 0.1) is 12.8 Å². The first-order chi connectivity index (χ1) is 7.36. The van der Waals surface area contributed by atoms with Crippen molar-refractivity contribution in [3.8, 4) is 11.4 Å². The van der Waals surface area contributed by atoms with E-state index in [1.165, 1.54) is 0 Å². The average Bonchev–Trinajstić information content (AvgIpc) is 2.76. The van der Waals surface area contributed by atoms with E-state index < -0.39 is 0 Å². The molecule has 0 aliphatic carbocycles. The quantitative estimate of drug-likeness (QED) is 0.819. The standard InChI is InChI=1S/C11H13N3O/c1-15-11-5-3-2-4-10(11)14-9(8-12)6-7-13-14/h2-7H,8,12H2,1H3. The van der Waals surface area contributed by atoms with Crippen molar-refractivity contribution < 1.29 is 4.74 Å². The van der Waals surface area contributed by atoms with Gasteiger partial charge in [0.2, 0.25) is 0 Å². The molecule has 0 amide bonds. The van der Waals surface area contributed by atoms with Crippen molar-refractivity contribution in [1.29, 1.82) is 0 Å². The monoisotopic (exact) mass is 203 g/mol. The third-order valence-corrected chi connectivity index (χ3v) is 2.24. The summed E-state index contributed by atoms with van der Waals surface area (Å²) < 4.78 is 7.06. The number of hydrogen-bond acceptors (Lipinski definition) is 3. The number of para-hydroxylation sites is 2. The van der Waals surface area contributed by atoms with E-state index in [2.05, 4.69) is 5.10 Å². The van der Waals surface area contributed by atoms with Gasteiger partial charge < -0.3 is 10.5 Å². The number of rotatable bonds is 3. The minimum absolute atomic E-state index is 0.456. The molecule has 0 aliphatic rings. The fourth-order valence-corrected chi connectivity index (χ4v) is 1.51. The molecule has 0 bridgehead atoms. The third kappa shape index (κ3) is 1.71. The van der Waals surface area contributed by atoms with Gasteiger partial charge in [0.1, 0.15) is 11.4 Å². The van der Waals surface area contributed by atoms with Crippen LogP contribution in [0.5, 0.6) is 5.75 Å². The number of nitrogens with zero attached hydrogens (tertiary/aromatic N) is 2. The molecule has 0 saturated carbocycles. The van der Waals surface area contributed by atoms with Gasteiger partial charge in [-0.15, -0.1) is 0 Å². The Hall–Kier alpha value is -1.81. The van der Waals surface area contributed by atoms with Crippen molar-refractivity contribution >= 4 is 0 Å². The van der Waals surface area contributed by atoms with E-state index in [1.807, 2.05) is 30.3 Å². The van der Waals surface area contributed by atoms with Crippen LogP contribution in [0.2, 0.25) is 0 Å². The maximum atomic E-state index is 5.62. The lowest BCUT2D eigenvalue weighted by Crippen LogP contribution is -2.07. The molecule has 78 valence electrons. The summed E-state index contributed by atoms with van der Waals surface area (Å²) in [6.45, 7) is 0.456. The zero-order valence-electron chi connectivity index (χ0n) is 8.55. The van der Waals surface area contributed by atoms with Gasteiger partial charge in [0.15, 0.2) is 0 Å². The van der Waals surface area contributed by atoms with Crippen molar-refractivity contribution in [2.75, 3.05) is 7.11 Å². The lowest BCUT2D eigenvalue weighted by Gasteiger charge is -2.10. The fraction of sp³-hybridized carbons (Fsp3) is 0.182. The largest absolute Gasteiger partial charge is 0.494 e. The van der Waals surface area contributed by atoms with E-state index >= 15 is 0 Å². The van der Waals surface area contributed by atoms with E-state index in [-0.39, 0.29) is 0 Å². The third-order valence-electron chi connectivity index (χ3n) is 2.24. The summed E-state index contributed by atoms with van der Waals surface area (Å²) in [5, 5.41) is 4.22. The highest BCUT2D eigenvalue weighted by Gasteiger charge is 2.07. The minimum atomic E-state index is 0.456. The van der Waals surface area contributed by atoms with Gasteiger partial charge in [0, 0.05) is 12.7 Å². The summed E-state index contributed by atoms with van der Waals surface area (Å²) in [5.41, 5.74) is 7.49. The van der Waals surface area contributed by atoms with Gasteiger partial charge in [0.25, 0.3) is 0 Å². The fourth-order valence-electron chi connectivity index (χ4n) is 1.51. The van der Waals surface area contributed by atoms with Crippen LogP contribution >= 0.6 is 0 Å². The predicted molar refractivity (Wildman–Crippen MR) is 58.0 cm³/mol. The van der Waals surface area contributed by atoms with Crippen LogP contribution in [-0.2, 0) is 6.54 Å². The number of hydrogen-bond donors (Lipinski definition) is 1. The molecule has 0 aliphatic heterocycles. The maximum Gasteiger partial charge on any atom is 0.144 e. The molecule has 0 atom stereocenters. The molecule has 4 nitrogen and oxygen atoms in total. The van der Waals surface area contributed by atoms with Crippen LogP contribution in [0.4, 0.5) is 0 Å². The van der Waals surface area contributed by atoms with E-state index in [9.17, 15) is 0 Å². The van der Waals surface area contributed by atoms with Crippen molar-refractivity contribution in [2.45, 2.75) is 6.54 Å². The molecule has 0 radical (unpaired) electrons. The minimum Gasteiger partial charge on any atom is -0.494 e. The highest BCUT2D eigenvalue weighted by atomic mass is 16.5. The second kappa shape index (κ2) is 4.14. The molecule has 0 unspecified atom stereocenters. The second-order valence-corrected chi connectivity index (χ2v) is 3.11. The van der Waals surface area contributed by atoms with E-state index in [1.54, 1.807) is 18.0 Å². The number of methoxy groups -OCH3 is 1. The lowest BCUT2D eigenvalue weighted by atomic mass is 10.3. The Morgan fingerprint density at radius 2 is 2.13 bits per heavy atom. The molecule has 2 N–H and O–H groups in total. The molecule has 0 spiro atoms. The van der Waals surface area contributed by atoms with Crippen molar-refractivity contribution in [3.05, 3.63) is 42.2 Å².